The minimum atomic E-state index is -0.205. The standard InChI is InChI=1S/C25H22N2O6/c1-30-22-13-16(15-28)7-9-20(22)32-11-12-33-21-10-8-17(14-23(21)31-2)24-26-19-6-4-3-5-18(19)25(29)27-24/h3-10,13-15H,11-12H2,1-2H3,(H,26,27,29). The summed E-state index contributed by atoms with van der Waals surface area (Å²) in [4.78, 5) is 30.6. The largest absolute Gasteiger partial charge is 0.493 e. The van der Waals surface area contributed by atoms with Gasteiger partial charge in [-0.15, -0.1) is 0 Å². The van der Waals surface area contributed by atoms with E-state index in [1.807, 2.05) is 6.07 Å². The summed E-state index contributed by atoms with van der Waals surface area (Å²) in [6, 6.07) is 17.4. The van der Waals surface area contributed by atoms with Gasteiger partial charge in [0.05, 0.1) is 25.1 Å². The Morgan fingerprint density at radius 1 is 0.848 bits per heavy atom. The molecule has 33 heavy (non-hydrogen) atoms. The van der Waals surface area contributed by atoms with Crippen molar-refractivity contribution in [2.45, 2.75) is 0 Å². The Bertz CT molecular complexity index is 1350. The summed E-state index contributed by atoms with van der Waals surface area (Å²) < 4.78 is 22.2. The molecule has 1 heterocycles. The Kier molecular flexibility index (Phi) is 6.54. The van der Waals surface area contributed by atoms with E-state index in [9.17, 15) is 9.59 Å². The molecule has 1 N–H and O–H groups in total. The van der Waals surface area contributed by atoms with E-state index in [4.69, 9.17) is 18.9 Å². The number of methoxy groups -OCH3 is 2. The van der Waals surface area contributed by atoms with Crippen LogP contribution in [0.25, 0.3) is 22.3 Å². The van der Waals surface area contributed by atoms with Gasteiger partial charge in [0.2, 0.25) is 0 Å². The highest BCUT2D eigenvalue weighted by molar-refractivity contribution is 5.79. The smallest absolute Gasteiger partial charge is 0.259 e. The summed E-state index contributed by atoms with van der Waals surface area (Å²) in [7, 11) is 3.05. The Morgan fingerprint density at radius 3 is 2.21 bits per heavy atom. The number of H-pyrrole nitrogens is 1. The van der Waals surface area contributed by atoms with Crippen molar-refractivity contribution in [3.63, 3.8) is 0 Å². The van der Waals surface area contributed by atoms with E-state index in [1.165, 1.54) is 7.11 Å². The number of benzene rings is 3. The highest BCUT2D eigenvalue weighted by Gasteiger charge is 2.11. The second-order valence-corrected chi connectivity index (χ2v) is 7.02. The normalized spacial score (nSPS) is 10.6. The molecule has 0 amide bonds. The molecule has 0 bridgehead atoms. The molecule has 4 rings (SSSR count). The molecule has 4 aromatic rings. The molecule has 0 aliphatic heterocycles. The first-order chi connectivity index (χ1) is 16.1. The van der Waals surface area contributed by atoms with E-state index < -0.39 is 0 Å². The molecule has 8 heteroatoms. The van der Waals surface area contributed by atoms with Gasteiger partial charge in [-0.05, 0) is 48.5 Å². The van der Waals surface area contributed by atoms with Gasteiger partial charge in [-0.25, -0.2) is 4.98 Å². The maximum Gasteiger partial charge on any atom is 0.259 e. The average molecular weight is 446 g/mol. The molecule has 0 aliphatic carbocycles. The topological polar surface area (TPSA) is 99.7 Å². The Balaban J connectivity index is 1.46. The van der Waals surface area contributed by atoms with Crippen LogP contribution in [0.2, 0.25) is 0 Å². The van der Waals surface area contributed by atoms with Crippen LogP contribution in [0.4, 0.5) is 0 Å². The van der Waals surface area contributed by atoms with Crippen LogP contribution < -0.4 is 24.5 Å². The van der Waals surface area contributed by atoms with Gasteiger partial charge in [0, 0.05) is 11.1 Å². The SMILES string of the molecule is COc1cc(C=O)ccc1OCCOc1ccc(-c2nc3ccccc3c(=O)[nH]2)cc1OC. The molecule has 168 valence electrons. The van der Waals surface area contributed by atoms with Gasteiger partial charge in [-0.2, -0.15) is 0 Å². The van der Waals surface area contributed by atoms with Crippen LogP contribution in [0.5, 0.6) is 23.0 Å². The van der Waals surface area contributed by atoms with E-state index in [-0.39, 0.29) is 18.8 Å². The third-order valence-corrected chi connectivity index (χ3v) is 4.97. The zero-order chi connectivity index (χ0) is 23.2. The second-order valence-electron chi connectivity index (χ2n) is 7.02. The number of rotatable bonds is 9. The van der Waals surface area contributed by atoms with E-state index >= 15 is 0 Å². The number of aromatic amines is 1. The summed E-state index contributed by atoms with van der Waals surface area (Å²) in [5.41, 5.74) is 1.61. The highest BCUT2D eigenvalue weighted by Crippen LogP contribution is 2.32. The lowest BCUT2D eigenvalue weighted by molar-refractivity contribution is 0.112. The number of nitrogens with zero attached hydrogens (tertiary/aromatic N) is 1. The third-order valence-electron chi connectivity index (χ3n) is 4.97. The Hall–Kier alpha value is -4.33. The van der Waals surface area contributed by atoms with E-state index in [2.05, 4.69) is 9.97 Å². The molecule has 8 nitrogen and oxygen atoms in total. The van der Waals surface area contributed by atoms with Crippen molar-refractivity contribution in [3.05, 3.63) is 76.6 Å². The van der Waals surface area contributed by atoms with Crippen LogP contribution in [-0.2, 0) is 0 Å². The van der Waals surface area contributed by atoms with Crippen molar-refractivity contribution in [2.75, 3.05) is 27.4 Å². The molecule has 3 aromatic carbocycles. The van der Waals surface area contributed by atoms with Crippen molar-refractivity contribution in [3.8, 4) is 34.4 Å². The maximum absolute atomic E-state index is 12.4. The van der Waals surface area contributed by atoms with Crippen LogP contribution in [0.15, 0.2) is 65.5 Å². The maximum atomic E-state index is 12.4. The van der Waals surface area contributed by atoms with Gasteiger partial charge in [-0.1, -0.05) is 12.1 Å². The summed E-state index contributed by atoms with van der Waals surface area (Å²) in [6.07, 6.45) is 0.744. The summed E-state index contributed by atoms with van der Waals surface area (Å²) >= 11 is 0. The minimum Gasteiger partial charge on any atom is -0.493 e. The monoisotopic (exact) mass is 446 g/mol. The second kappa shape index (κ2) is 9.86. The fourth-order valence-corrected chi connectivity index (χ4v) is 3.34. The van der Waals surface area contributed by atoms with Gasteiger partial charge in [0.15, 0.2) is 23.0 Å². The fraction of sp³-hybridized carbons (Fsp3) is 0.160. The molecule has 0 unspecified atom stereocenters. The van der Waals surface area contributed by atoms with Gasteiger partial charge < -0.3 is 23.9 Å². The molecule has 0 atom stereocenters. The predicted octanol–water partition coefficient (Wildman–Crippen LogP) is 3.88. The zero-order valence-corrected chi connectivity index (χ0v) is 18.2. The van der Waals surface area contributed by atoms with Crippen molar-refractivity contribution in [2.24, 2.45) is 0 Å². The molecular weight excluding hydrogens is 424 g/mol. The third kappa shape index (κ3) is 4.79. The first kappa shape index (κ1) is 21.9. The number of fused-ring (bicyclic) bond motifs is 1. The summed E-state index contributed by atoms with van der Waals surface area (Å²) in [5, 5.41) is 0.533. The minimum absolute atomic E-state index is 0.205. The molecule has 1 aromatic heterocycles. The van der Waals surface area contributed by atoms with E-state index in [0.29, 0.717) is 50.9 Å². The zero-order valence-electron chi connectivity index (χ0n) is 18.2. The van der Waals surface area contributed by atoms with Crippen LogP contribution in [0.3, 0.4) is 0 Å². The number of para-hydroxylation sites is 1. The van der Waals surface area contributed by atoms with Crippen LogP contribution in [0.1, 0.15) is 10.4 Å². The van der Waals surface area contributed by atoms with Gasteiger partial charge in [0.25, 0.3) is 5.56 Å². The van der Waals surface area contributed by atoms with Crippen LogP contribution in [0, 0.1) is 0 Å². The van der Waals surface area contributed by atoms with Crippen LogP contribution >= 0.6 is 0 Å². The first-order valence-corrected chi connectivity index (χ1v) is 10.2. The number of aldehydes is 1. The molecule has 0 spiro atoms. The summed E-state index contributed by atoms with van der Waals surface area (Å²) in [6.45, 7) is 0.501. The van der Waals surface area contributed by atoms with Crippen molar-refractivity contribution in [1.29, 1.82) is 0 Å². The predicted molar refractivity (Wildman–Crippen MR) is 124 cm³/mol. The fourth-order valence-electron chi connectivity index (χ4n) is 3.34. The number of aromatic nitrogens is 2. The van der Waals surface area contributed by atoms with Gasteiger partial charge >= 0.3 is 0 Å². The van der Waals surface area contributed by atoms with E-state index in [0.717, 1.165) is 6.29 Å². The number of ether oxygens (including phenoxy) is 4. The van der Waals surface area contributed by atoms with Crippen LogP contribution in [-0.4, -0.2) is 43.7 Å². The van der Waals surface area contributed by atoms with Gasteiger partial charge in [0.1, 0.15) is 25.3 Å². The lowest BCUT2D eigenvalue weighted by Gasteiger charge is -2.14. The lowest BCUT2D eigenvalue weighted by atomic mass is 10.1. The van der Waals surface area contributed by atoms with Crippen molar-refractivity contribution < 1.29 is 23.7 Å². The molecule has 0 aliphatic rings. The molecule has 0 radical (unpaired) electrons. The number of carbonyl (C=O) groups is 1. The number of hydrogen-bond donors (Lipinski definition) is 1. The quantitative estimate of drug-likeness (QED) is 0.308. The Morgan fingerprint density at radius 2 is 1.52 bits per heavy atom. The van der Waals surface area contributed by atoms with Crippen molar-refractivity contribution in [1.82, 2.24) is 9.97 Å². The summed E-state index contributed by atoms with van der Waals surface area (Å²) in [5.74, 6) is 2.45. The molecule has 0 saturated heterocycles. The molecule has 0 fully saturated rings. The van der Waals surface area contributed by atoms with E-state index in [1.54, 1.807) is 61.7 Å². The number of nitrogens with one attached hydrogen (secondary N) is 1. The van der Waals surface area contributed by atoms with Crippen molar-refractivity contribution >= 4 is 17.2 Å². The number of carbonyl (C=O) groups excluding carboxylic acids is 1. The lowest BCUT2D eigenvalue weighted by Crippen LogP contribution is -2.11. The average Bonchev–Trinajstić information content (AvgIpc) is 2.86. The Labute approximate surface area is 189 Å². The highest BCUT2D eigenvalue weighted by atomic mass is 16.5. The number of hydrogen-bond acceptors (Lipinski definition) is 7. The van der Waals surface area contributed by atoms with Gasteiger partial charge in [-0.3, -0.25) is 9.59 Å². The first-order valence-electron chi connectivity index (χ1n) is 10.2. The molecule has 0 saturated carbocycles. The molecular formula is C25H22N2O6.